The highest BCUT2D eigenvalue weighted by atomic mass is 14.9. The van der Waals surface area contributed by atoms with Gasteiger partial charge in [-0.1, -0.05) is 200 Å². The van der Waals surface area contributed by atoms with Crippen LogP contribution in [-0.4, -0.2) is 15.0 Å². The standard InChI is InChI=1S/C67H41N3/c1-2-14-44(15-3-1)67-69-65(43-28-26-42(27-29-43)64-41-68-40-47-16-4-5-17-51(47)64)39-66(70-67)50-35-48(45-30-32-60-56-22-8-6-18-52(56)54-20-10-12-24-58(54)62(60)37-45)34-49(36-50)46-31-33-61-57-23-9-7-19-53(57)55-21-11-13-25-59(55)63(61)38-46/h1-41H. The quantitative estimate of drug-likeness (QED) is 0.156. The fourth-order valence-corrected chi connectivity index (χ4v) is 10.9. The molecule has 70 heavy (non-hydrogen) atoms. The van der Waals surface area contributed by atoms with Gasteiger partial charge in [0.25, 0.3) is 0 Å². The molecule has 0 bridgehead atoms. The lowest BCUT2D eigenvalue weighted by Gasteiger charge is -2.16. The summed E-state index contributed by atoms with van der Waals surface area (Å²) in [4.78, 5) is 15.2. The fraction of sp³-hybridized carbons (Fsp3) is 0. The van der Waals surface area contributed by atoms with Crippen LogP contribution in [0.4, 0.5) is 0 Å². The summed E-state index contributed by atoms with van der Waals surface area (Å²) in [6, 6.07) is 85.8. The largest absolute Gasteiger partial charge is 0.263 e. The SMILES string of the molecule is c1ccc(-c2nc(-c3ccc(-c4cncc5ccccc45)cc3)cc(-c3cc(-c4ccc5c6ccccc6c6ccccc6c5c4)cc(-c4ccc5c6ccccc6c6ccccc6c5c4)c3)n2)cc1. The van der Waals surface area contributed by atoms with E-state index in [1.807, 2.05) is 18.5 Å². The first kappa shape index (κ1) is 39.8. The van der Waals surface area contributed by atoms with E-state index in [4.69, 9.17) is 9.97 Å². The zero-order chi connectivity index (χ0) is 46.1. The molecule has 2 heterocycles. The fourth-order valence-electron chi connectivity index (χ4n) is 10.9. The minimum absolute atomic E-state index is 0.676. The third kappa shape index (κ3) is 6.63. The van der Waals surface area contributed by atoms with Crippen molar-refractivity contribution < 1.29 is 0 Å². The maximum atomic E-state index is 5.40. The molecule has 0 unspecified atom stereocenters. The Labute approximate surface area is 404 Å². The summed E-state index contributed by atoms with van der Waals surface area (Å²) >= 11 is 0. The molecule has 12 aromatic carbocycles. The van der Waals surface area contributed by atoms with Gasteiger partial charge < -0.3 is 0 Å². The molecular formula is C67H41N3. The van der Waals surface area contributed by atoms with Gasteiger partial charge in [0.05, 0.1) is 11.4 Å². The summed E-state index contributed by atoms with van der Waals surface area (Å²) < 4.78 is 0. The van der Waals surface area contributed by atoms with Gasteiger partial charge >= 0.3 is 0 Å². The highest BCUT2D eigenvalue weighted by molar-refractivity contribution is 6.27. The maximum Gasteiger partial charge on any atom is 0.160 e. The van der Waals surface area contributed by atoms with Crippen molar-refractivity contribution in [2.24, 2.45) is 0 Å². The zero-order valence-corrected chi connectivity index (χ0v) is 38.0. The molecule has 0 saturated carbocycles. The number of nitrogens with zero attached hydrogens (tertiary/aromatic N) is 3. The topological polar surface area (TPSA) is 38.7 Å². The predicted molar refractivity (Wildman–Crippen MR) is 295 cm³/mol. The smallest absolute Gasteiger partial charge is 0.160 e. The summed E-state index contributed by atoms with van der Waals surface area (Å²) in [5.41, 5.74) is 11.4. The van der Waals surface area contributed by atoms with Crippen LogP contribution < -0.4 is 0 Å². The number of rotatable bonds is 6. The average molecular weight is 888 g/mol. The van der Waals surface area contributed by atoms with E-state index < -0.39 is 0 Å². The van der Waals surface area contributed by atoms with Crippen molar-refractivity contribution >= 4 is 75.4 Å². The second-order valence-electron chi connectivity index (χ2n) is 18.3. The lowest BCUT2D eigenvalue weighted by Crippen LogP contribution is -1.97. The Morgan fingerprint density at radius 2 is 0.600 bits per heavy atom. The summed E-state index contributed by atoms with van der Waals surface area (Å²) in [5, 5.41) is 17.4. The van der Waals surface area contributed by atoms with Gasteiger partial charge in [0.2, 0.25) is 0 Å². The van der Waals surface area contributed by atoms with Crippen molar-refractivity contribution in [1.82, 2.24) is 15.0 Å². The normalized spacial score (nSPS) is 11.7. The second kappa shape index (κ2) is 16.2. The van der Waals surface area contributed by atoms with Crippen molar-refractivity contribution in [3.63, 3.8) is 0 Å². The third-order valence-electron chi connectivity index (χ3n) is 14.3. The molecule has 3 nitrogen and oxygen atoms in total. The van der Waals surface area contributed by atoms with E-state index in [0.717, 1.165) is 66.8 Å². The predicted octanol–water partition coefficient (Wildman–Crippen LogP) is 17.9. The molecule has 0 aliphatic rings. The van der Waals surface area contributed by atoms with Crippen molar-refractivity contribution in [3.05, 3.63) is 249 Å². The number of hydrogen-bond acceptors (Lipinski definition) is 3. The van der Waals surface area contributed by atoms with E-state index in [1.54, 1.807) is 0 Å². The Kier molecular flexibility index (Phi) is 9.21. The van der Waals surface area contributed by atoms with Crippen LogP contribution in [0, 0.1) is 0 Å². The second-order valence-corrected chi connectivity index (χ2v) is 18.3. The Balaban J connectivity index is 0.990. The molecule has 0 N–H and O–H groups in total. The number of benzene rings is 12. The molecule has 14 aromatic rings. The van der Waals surface area contributed by atoms with Crippen molar-refractivity contribution in [3.8, 4) is 67.3 Å². The third-order valence-corrected chi connectivity index (χ3v) is 14.3. The van der Waals surface area contributed by atoms with Crippen LogP contribution in [0.15, 0.2) is 249 Å². The van der Waals surface area contributed by atoms with Gasteiger partial charge in [0.15, 0.2) is 5.82 Å². The first-order chi connectivity index (χ1) is 34.7. The van der Waals surface area contributed by atoms with Crippen LogP contribution >= 0.6 is 0 Å². The Morgan fingerprint density at radius 3 is 1.11 bits per heavy atom. The Hall–Kier alpha value is -9.31. The van der Waals surface area contributed by atoms with Gasteiger partial charge in [-0.3, -0.25) is 4.98 Å². The van der Waals surface area contributed by atoms with Crippen molar-refractivity contribution in [2.45, 2.75) is 0 Å². The van der Waals surface area contributed by atoms with Crippen molar-refractivity contribution in [1.29, 1.82) is 0 Å². The van der Waals surface area contributed by atoms with Crippen LogP contribution in [0.3, 0.4) is 0 Å². The van der Waals surface area contributed by atoms with Gasteiger partial charge in [0, 0.05) is 40.0 Å². The zero-order valence-electron chi connectivity index (χ0n) is 38.0. The Morgan fingerprint density at radius 1 is 0.214 bits per heavy atom. The minimum Gasteiger partial charge on any atom is -0.263 e. The minimum atomic E-state index is 0.676. The number of pyridine rings is 1. The van der Waals surface area contributed by atoms with E-state index in [2.05, 4.69) is 236 Å². The summed E-state index contributed by atoms with van der Waals surface area (Å²) in [6.07, 6.45) is 3.88. The lowest BCUT2D eigenvalue weighted by atomic mass is 9.89. The number of fused-ring (bicyclic) bond motifs is 13. The van der Waals surface area contributed by atoms with E-state index in [0.29, 0.717) is 5.82 Å². The molecule has 0 aliphatic heterocycles. The summed E-state index contributed by atoms with van der Waals surface area (Å²) in [5.74, 6) is 0.676. The molecule has 0 radical (unpaired) electrons. The monoisotopic (exact) mass is 887 g/mol. The van der Waals surface area contributed by atoms with E-state index in [1.165, 1.54) is 70.0 Å². The average Bonchev–Trinajstić information content (AvgIpc) is 3.45. The van der Waals surface area contributed by atoms with Crippen LogP contribution in [0.1, 0.15) is 0 Å². The molecule has 2 aromatic heterocycles. The van der Waals surface area contributed by atoms with Gasteiger partial charge in [0.1, 0.15) is 0 Å². The Bertz CT molecular complexity index is 4150. The summed E-state index contributed by atoms with van der Waals surface area (Å²) in [6.45, 7) is 0. The molecule has 0 atom stereocenters. The van der Waals surface area contributed by atoms with Crippen LogP contribution in [-0.2, 0) is 0 Å². The molecule has 3 heteroatoms. The summed E-state index contributed by atoms with van der Waals surface area (Å²) in [7, 11) is 0. The molecule has 0 amide bonds. The molecular weight excluding hydrogens is 847 g/mol. The molecule has 0 saturated heterocycles. The molecule has 0 spiro atoms. The molecule has 0 aliphatic carbocycles. The highest BCUT2D eigenvalue weighted by Crippen LogP contribution is 2.42. The number of aromatic nitrogens is 3. The highest BCUT2D eigenvalue weighted by Gasteiger charge is 2.17. The van der Waals surface area contributed by atoms with Gasteiger partial charge in [-0.05, 0) is 134 Å². The lowest BCUT2D eigenvalue weighted by molar-refractivity contribution is 1.18. The van der Waals surface area contributed by atoms with E-state index in [-0.39, 0.29) is 0 Å². The molecule has 324 valence electrons. The molecule has 14 rings (SSSR count). The first-order valence-electron chi connectivity index (χ1n) is 23.9. The number of hydrogen-bond donors (Lipinski definition) is 0. The van der Waals surface area contributed by atoms with Crippen LogP contribution in [0.2, 0.25) is 0 Å². The van der Waals surface area contributed by atoms with E-state index >= 15 is 0 Å². The van der Waals surface area contributed by atoms with E-state index in [9.17, 15) is 0 Å². The van der Waals surface area contributed by atoms with Crippen LogP contribution in [0.5, 0.6) is 0 Å². The van der Waals surface area contributed by atoms with Gasteiger partial charge in [-0.15, -0.1) is 0 Å². The van der Waals surface area contributed by atoms with Gasteiger partial charge in [-0.2, -0.15) is 0 Å². The maximum absolute atomic E-state index is 5.40. The van der Waals surface area contributed by atoms with Crippen LogP contribution in [0.25, 0.3) is 143 Å². The molecule has 0 fully saturated rings. The van der Waals surface area contributed by atoms with Crippen molar-refractivity contribution in [2.75, 3.05) is 0 Å². The first-order valence-corrected chi connectivity index (χ1v) is 23.9. The van der Waals surface area contributed by atoms with Gasteiger partial charge in [-0.25, -0.2) is 9.97 Å².